The Morgan fingerprint density at radius 2 is 1.83 bits per heavy atom. The van der Waals surface area contributed by atoms with Crippen molar-refractivity contribution in [1.29, 1.82) is 0 Å². The molecule has 1 amide bonds. The highest BCUT2D eigenvalue weighted by Gasteiger charge is 2.30. The van der Waals surface area contributed by atoms with Crippen LogP contribution in [0.3, 0.4) is 0 Å². The lowest BCUT2D eigenvalue weighted by molar-refractivity contribution is -0.117. The van der Waals surface area contributed by atoms with Crippen molar-refractivity contribution in [1.82, 2.24) is 0 Å². The van der Waals surface area contributed by atoms with Gasteiger partial charge in [-0.15, -0.1) is 0 Å². The summed E-state index contributed by atoms with van der Waals surface area (Å²) >= 11 is 0. The smallest absolute Gasteiger partial charge is 0.227 e. The first-order valence-electron chi connectivity index (χ1n) is 8.42. The number of aliphatic hydroxyl groups is 1. The van der Waals surface area contributed by atoms with E-state index < -0.39 is 6.10 Å². The molecule has 1 heterocycles. The first-order valence-corrected chi connectivity index (χ1v) is 8.42. The fraction of sp³-hybridized carbons (Fsp3) is 0.350. The van der Waals surface area contributed by atoms with E-state index in [1.165, 1.54) is 12.1 Å². The normalized spacial score (nSPS) is 18.8. The number of aliphatic hydroxyl groups excluding tert-OH is 1. The molecule has 1 N–H and O–H groups in total. The van der Waals surface area contributed by atoms with Crippen molar-refractivity contribution in [3.8, 4) is 0 Å². The van der Waals surface area contributed by atoms with E-state index in [2.05, 4.69) is 0 Å². The summed E-state index contributed by atoms with van der Waals surface area (Å²) in [4.78, 5) is 14.0. The first-order chi connectivity index (χ1) is 11.6. The second-order valence-electron chi connectivity index (χ2n) is 6.41. The fourth-order valence-electron chi connectivity index (χ4n) is 3.28. The SMILES string of the molecule is O=C1C[C@H](CCCC(O)c2ccc(F)cc2)CN1c1ccccc1. The summed E-state index contributed by atoms with van der Waals surface area (Å²) in [7, 11) is 0. The highest BCUT2D eigenvalue weighted by atomic mass is 19.1. The summed E-state index contributed by atoms with van der Waals surface area (Å²) < 4.78 is 12.9. The lowest BCUT2D eigenvalue weighted by Gasteiger charge is -2.17. The largest absolute Gasteiger partial charge is 0.388 e. The molecule has 4 heteroatoms. The molecule has 2 aromatic carbocycles. The van der Waals surface area contributed by atoms with Crippen LogP contribution < -0.4 is 4.90 Å². The number of amides is 1. The van der Waals surface area contributed by atoms with E-state index in [9.17, 15) is 14.3 Å². The average Bonchev–Trinajstić information content (AvgIpc) is 2.97. The zero-order valence-corrected chi connectivity index (χ0v) is 13.6. The molecule has 1 saturated heterocycles. The summed E-state index contributed by atoms with van der Waals surface area (Å²) in [6, 6.07) is 15.7. The van der Waals surface area contributed by atoms with Crippen LogP contribution in [0.2, 0.25) is 0 Å². The van der Waals surface area contributed by atoms with E-state index in [4.69, 9.17) is 0 Å². The first kappa shape index (κ1) is 16.7. The number of hydrogen-bond acceptors (Lipinski definition) is 2. The van der Waals surface area contributed by atoms with Gasteiger partial charge in [-0.05, 0) is 48.6 Å². The standard InChI is InChI=1S/C20H22FNO2/c21-17-11-9-16(10-12-17)19(23)8-4-5-15-13-20(24)22(14-15)18-6-2-1-3-7-18/h1-3,6-7,9-12,15,19,23H,4-5,8,13-14H2/t15-,19?/m0/s1. The van der Waals surface area contributed by atoms with E-state index in [0.29, 0.717) is 18.8 Å². The number of hydrogen-bond donors (Lipinski definition) is 1. The number of nitrogens with zero attached hydrogens (tertiary/aromatic N) is 1. The highest BCUT2D eigenvalue weighted by molar-refractivity contribution is 5.95. The molecule has 0 aliphatic carbocycles. The van der Waals surface area contributed by atoms with Gasteiger partial charge in [-0.2, -0.15) is 0 Å². The lowest BCUT2D eigenvalue weighted by Crippen LogP contribution is -2.24. The molecule has 1 aliphatic heterocycles. The van der Waals surface area contributed by atoms with Gasteiger partial charge in [-0.1, -0.05) is 36.8 Å². The molecule has 3 rings (SSSR count). The van der Waals surface area contributed by atoms with Gasteiger partial charge in [0.15, 0.2) is 0 Å². The Bertz CT molecular complexity index is 672. The third kappa shape index (κ3) is 4.01. The van der Waals surface area contributed by atoms with E-state index in [-0.39, 0.29) is 11.7 Å². The Balaban J connectivity index is 1.47. The quantitative estimate of drug-likeness (QED) is 0.868. The molecule has 0 aromatic heterocycles. The second-order valence-corrected chi connectivity index (χ2v) is 6.41. The van der Waals surface area contributed by atoms with Crippen LogP contribution in [-0.2, 0) is 4.79 Å². The topological polar surface area (TPSA) is 40.5 Å². The molecular weight excluding hydrogens is 305 g/mol. The van der Waals surface area contributed by atoms with Gasteiger partial charge in [0.05, 0.1) is 6.10 Å². The Morgan fingerprint density at radius 1 is 1.12 bits per heavy atom. The van der Waals surface area contributed by atoms with E-state index >= 15 is 0 Å². The van der Waals surface area contributed by atoms with E-state index in [1.807, 2.05) is 35.2 Å². The van der Waals surface area contributed by atoms with Gasteiger partial charge < -0.3 is 10.0 Å². The van der Waals surface area contributed by atoms with Crippen molar-refractivity contribution >= 4 is 11.6 Å². The second kappa shape index (κ2) is 7.58. The van der Waals surface area contributed by atoms with Crippen molar-refractivity contribution in [2.75, 3.05) is 11.4 Å². The number of carbonyl (C=O) groups excluding carboxylic acids is 1. The minimum atomic E-state index is -0.576. The van der Waals surface area contributed by atoms with Crippen LogP contribution in [0.15, 0.2) is 54.6 Å². The van der Waals surface area contributed by atoms with Crippen molar-refractivity contribution in [3.05, 3.63) is 66.0 Å². The van der Waals surface area contributed by atoms with Gasteiger partial charge in [0, 0.05) is 18.7 Å². The van der Waals surface area contributed by atoms with Crippen LogP contribution in [0.25, 0.3) is 0 Å². The van der Waals surface area contributed by atoms with Crippen LogP contribution in [0.4, 0.5) is 10.1 Å². The van der Waals surface area contributed by atoms with Crippen LogP contribution >= 0.6 is 0 Å². The third-order valence-corrected chi connectivity index (χ3v) is 4.62. The predicted molar refractivity (Wildman–Crippen MR) is 92.1 cm³/mol. The maximum absolute atomic E-state index is 12.9. The average molecular weight is 327 g/mol. The molecule has 2 aromatic rings. The minimum absolute atomic E-state index is 0.172. The molecular formula is C20H22FNO2. The van der Waals surface area contributed by atoms with Gasteiger partial charge in [0.1, 0.15) is 5.82 Å². The van der Waals surface area contributed by atoms with E-state index in [0.717, 1.165) is 30.6 Å². The number of benzene rings is 2. The molecule has 2 atom stereocenters. The van der Waals surface area contributed by atoms with E-state index in [1.54, 1.807) is 12.1 Å². The number of halogens is 1. The lowest BCUT2D eigenvalue weighted by atomic mass is 9.97. The van der Waals surface area contributed by atoms with Gasteiger partial charge in [0.2, 0.25) is 5.91 Å². The molecule has 0 spiro atoms. The van der Waals surface area contributed by atoms with Crippen LogP contribution in [-0.4, -0.2) is 17.6 Å². The molecule has 126 valence electrons. The Hall–Kier alpha value is -2.20. The summed E-state index contributed by atoms with van der Waals surface area (Å²) in [5.74, 6) is 0.208. The van der Waals surface area contributed by atoms with Crippen molar-refractivity contribution < 1.29 is 14.3 Å². The zero-order valence-electron chi connectivity index (χ0n) is 13.6. The number of carbonyl (C=O) groups is 1. The Labute approximate surface area is 141 Å². The molecule has 3 nitrogen and oxygen atoms in total. The maximum atomic E-state index is 12.9. The maximum Gasteiger partial charge on any atom is 0.227 e. The van der Waals surface area contributed by atoms with Crippen LogP contribution in [0.1, 0.15) is 37.4 Å². The van der Waals surface area contributed by atoms with Gasteiger partial charge >= 0.3 is 0 Å². The minimum Gasteiger partial charge on any atom is -0.388 e. The number of rotatable bonds is 6. The summed E-state index contributed by atoms with van der Waals surface area (Å²) in [5.41, 5.74) is 1.70. The molecule has 0 radical (unpaired) electrons. The van der Waals surface area contributed by atoms with Gasteiger partial charge in [0.25, 0.3) is 0 Å². The molecule has 0 saturated carbocycles. The van der Waals surface area contributed by atoms with Crippen molar-refractivity contribution in [2.45, 2.75) is 31.8 Å². The molecule has 1 aliphatic rings. The van der Waals surface area contributed by atoms with Crippen molar-refractivity contribution in [2.24, 2.45) is 5.92 Å². The highest BCUT2D eigenvalue weighted by Crippen LogP contribution is 2.29. The molecule has 1 unspecified atom stereocenters. The fourth-order valence-corrected chi connectivity index (χ4v) is 3.28. The summed E-state index contributed by atoms with van der Waals surface area (Å²) in [5, 5.41) is 10.2. The van der Waals surface area contributed by atoms with Gasteiger partial charge in [-0.25, -0.2) is 4.39 Å². The number of anilines is 1. The van der Waals surface area contributed by atoms with Crippen molar-refractivity contribution in [3.63, 3.8) is 0 Å². The summed E-state index contributed by atoms with van der Waals surface area (Å²) in [6.07, 6.45) is 2.38. The molecule has 0 bridgehead atoms. The predicted octanol–water partition coefficient (Wildman–Crippen LogP) is 4.08. The number of para-hydroxylation sites is 1. The molecule has 24 heavy (non-hydrogen) atoms. The summed E-state index contributed by atoms with van der Waals surface area (Å²) in [6.45, 7) is 0.746. The zero-order chi connectivity index (χ0) is 16.9. The third-order valence-electron chi connectivity index (χ3n) is 4.62. The van der Waals surface area contributed by atoms with Crippen LogP contribution in [0, 0.1) is 11.7 Å². The Morgan fingerprint density at radius 3 is 2.54 bits per heavy atom. The van der Waals surface area contributed by atoms with Crippen LogP contribution in [0.5, 0.6) is 0 Å². The van der Waals surface area contributed by atoms with Gasteiger partial charge in [-0.3, -0.25) is 4.79 Å². The Kier molecular flexibility index (Phi) is 5.26. The monoisotopic (exact) mass is 327 g/mol. The molecule has 1 fully saturated rings.